The van der Waals surface area contributed by atoms with Gasteiger partial charge in [-0.1, -0.05) is 0 Å². The minimum Gasteiger partial charge on any atom is -0.381 e. The molecule has 2 aliphatic rings. The third-order valence-corrected chi connectivity index (χ3v) is 6.88. The number of rotatable bonds is 3. The molecular weight excluding hydrogens is 320 g/mol. The van der Waals surface area contributed by atoms with Gasteiger partial charge in [-0.25, -0.2) is 9.97 Å². The van der Waals surface area contributed by atoms with E-state index in [-0.39, 0.29) is 5.41 Å². The third-order valence-electron chi connectivity index (χ3n) is 5.89. The molecule has 2 aromatic heterocycles. The number of hydrogen-bond acceptors (Lipinski definition) is 6. The summed E-state index contributed by atoms with van der Waals surface area (Å²) in [5.41, 5.74) is 7.78. The van der Waals surface area contributed by atoms with Crippen molar-refractivity contribution in [3.63, 3.8) is 0 Å². The van der Waals surface area contributed by atoms with Gasteiger partial charge in [-0.2, -0.15) is 0 Å². The summed E-state index contributed by atoms with van der Waals surface area (Å²) in [6, 6.07) is 0. The first-order valence-corrected chi connectivity index (χ1v) is 9.76. The first-order chi connectivity index (χ1) is 11.6. The summed E-state index contributed by atoms with van der Waals surface area (Å²) in [6.45, 7) is 8.71. The molecule has 4 rings (SSSR count). The van der Waals surface area contributed by atoms with Crippen LogP contribution < -0.4 is 10.6 Å². The van der Waals surface area contributed by atoms with E-state index >= 15 is 0 Å². The first kappa shape index (κ1) is 16.2. The van der Waals surface area contributed by atoms with E-state index in [1.54, 1.807) is 11.3 Å². The highest BCUT2D eigenvalue weighted by Gasteiger charge is 2.44. The second-order valence-corrected chi connectivity index (χ2v) is 8.18. The van der Waals surface area contributed by atoms with Gasteiger partial charge in [0.15, 0.2) is 0 Å². The Morgan fingerprint density at radius 2 is 2.12 bits per heavy atom. The fraction of sp³-hybridized carbons (Fsp3) is 0.667. The molecule has 0 radical (unpaired) electrons. The quantitative estimate of drug-likeness (QED) is 0.926. The molecule has 130 valence electrons. The first-order valence-electron chi connectivity index (χ1n) is 8.88. The van der Waals surface area contributed by atoms with E-state index in [4.69, 9.17) is 15.5 Å². The minimum atomic E-state index is 0.207. The molecule has 0 aliphatic carbocycles. The Labute approximate surface area is 147 Å². The van der Waals surface area contributed by atoms with Gasteiger partial charge in [-0.15, -0.1) is 11.3 Å². The Balaban J connectivity index is 1.68. The van der Waals surface area contributed by atoms with E-state index < -0.39 is 0 Å². The van der Waals surface area contributed by atoms with Gasteiger partial charge in [-0.3, -0.25) is 0 Å². The molecule has 1 unspecified atom stereocenters. The molecule has 2 aromatic rings. The summed E-state index contributed by atoms with van der Waals surface area (Å²) < 4.78 is 5.57. The molecule has 2 aliphatic heterocycles. The Hall–Kier alpha value is -1.24. The highest BCUT2D eigenvalue weighted by atomic mass is 32.1. The molecule has 6 heteroatoms. The SMILES string of the molecule is Cc1nc(N2CCC(CN)(C3CCOCC3)C2)c2c(C)csc2n1. The number of nitrogens with two attached hydrogens (primary N) is 1. The fourth-order valence-electron chi connectivity index (χ4n) is 4.45. The molecule has 0 bridgehead atoms. The van der Waals surface area contributed by atoms with Crippen molar-refractivity contribution in [1.82, 2.24) is 9.97 Å². The summed E-state index contributed by atoms with van der Waals surface area (Å²) in [4.78, 5) is 13.0. The topological polar surface area (TPSA) is 64.3 Å². The minimum absolute atomic E-state index is 0.207. The van der Waals surface area contributed by atoms with Crippen LogP contribution in [-0.2, 0) is 4.74 Å². The van der Waals surface area contributed by atoms with Gasteiger partial charge in [0.1, 0.15) is 16.5 Å². The molecule has 4 heterocycles. The van der Waals surface area contributed by atoms with E-state index in [9.17, 15) is 0 Å². The smallest absolute Gasteiger partial charge is 0.141 e. The summed E-state index contributed by atoms with van der Waals surface area (Å²) in [7, 11) is 0. The Morgan fingerprint density at radius 3 is 2.88 bits per heavy atom. The predicted molar refractivity (Wildman–Crippen MR) is 98.7 cm³/mol. The second kappa shape index (κ2) is 6.24. The standard InChI is InChI=1S/C18H26N4OS/c1-12-9-24-17-15(12)16(20-13(2)21-17)22-6-5-18(10-19,11-22)14-3-7-23-8-4-14/h9,14H,3-8,10-11,19H2,1-2H3. The summed E-state index contributed by atoms with van der Waals surface area (Å²) in [5, 5.41) is 3.41. The predicted octanol–water partition coefficient (Wildman–Crippen LogP) is 2.89. The number of thiophene rings is 1. The van der Waals surface area contributed by atoms with Crippen LogP contribution in [0, 0.1) is 25.2 Å². The van der Waals surface area contributed by atoms with Crippen molar-refractivity contribution in [2.45, 2.75) is 33.1 Å². The van der Waals surface area contributed by atoms with Gasteiger partial charge < -0.3 is 15.4 Å². The van der Waals surface area contributed by atoms with Gasteiger partial charge in [-0.05, 0) is 56.5 Å². The van der Waals surface area contributed by atoms with Gasteiger partial charge in [0.25, 0.3) is 0 Å². The lowest BCUT2D eigenvalue weighted by Crippen LogP contribution is -2.43. The lowest BCUT2D eigenvalue weighted by Gasteiger charge is -2.39. The van der Waals surface area contributed by atoms with Crippen LogP contribution in [0.4, 0.5) is 5.82 Å². The fourth-order valence-corrected chi connectivity index (χ4v) is 5.41. The molecule has 24 heavy (non-hydrogen) atoms. The van der Waals surface area contributed by atoms with Crippen molar-refractivity contribution in [2.24, 2.45) is 17.1 Å². The van der Waals surface area contributed by atoms with Gasteiger partial charge in [0.05, 0.1) is 5.39 Å². The highest BCUT2D eigenvalue weighted by Crippen LogP contribution is 2.44. The van der Waals surface area contributed by atoms with E-state index in [2.05, 4.69) is 22.2 Å². The molecule has 0 saturated carbocycles. The molecular formula is C18H26N4OS. The molecule has 1 atom stereocenters. The van der Waals surface area contributed by atoms with Gasteiger partial charge >= 0.3 is 0 Å². The molecule has 0 aromatic carbocycles. The molecule has 2 fully saturated rings. The third kappa shape index (κ3) is 2.61. The van der Waals surface area contributed by atoms with Crippen molar-refractivity contribution in [2.75, 3.05) is 37.7 Å². The van der Waals surface area contributed by atoms with Crippen LogP contribution in [0.5, 0.6) is 0 Å². The van der Waals surface area contributed by atoms with Crippen molar-refractivity contribution < 1.29 is 4.74 Å². The summed E-state index contributed by atoms with van der Waals surface area (Å²) in [6.07, 6.45) is 3.43. The monoisotopic (exact) mass is 346 g/mol. The van der Waals surface area contributed by atoms with E-state index in [1.807, 2.05) is 6.92 Å². The molecule has 2 N–H and O–H groups in total. The highest BCUT2D eigenvalue weighted by molar-refractivity contribution is 7.17. The van der Waals surface area contributed by atoms with Crippen molar-refractivity contribution >= 4 is 27.4 Å². The van der Waals surface area contributed by atoms with Crippen LogP contribution in [0.15, 0.2) is 5.38 Å². The Bertz CT molecular complexity index is 740. The van der Waals surface area contributed by atoms with Gasteiger partial charge in [0, 0.05) is 31.7 Å². The molecule has 0 amide bonds. The zero-order chi connectivity index (χ0) is 16.7. The van der Waals surface area contributed by atoms with Crippen LogP contribution in [0.1, 0.15) is 30.7 Å². The molecule has 0 spiro atoms. The van der Waals surface area contributed by atoms with Gasteiger partial charge in [0.2, 0.25) is 0 Å². The van der Waals surface area contributed by atoms with Crippen LogP contribution >= 0.6 is 11.3 Å². The van der Waals surface area contributed by atoms with E-state index in [1.165, 1.54) is 10.9 Å². The van der Waals surface area contributed by atoms with E-state index in [0.717, 1.165) is 68.6 Å². The maximum absolute atomic E-state index is 6.29. The van der Waals surface area contributed by atoms with Crippen LogP contribution in [-0.4, -0.2) is 42.8 Å². The maximum atomic E-state index is 6.29. The Morgan fingerprint density at radius 1 is 1.33 bits per heavy atom. The maximum Gasteiger partial charge on any atom is 0.141 e. The number of aromatic nitrogens is 2. The zero-order valence-corrected chi connectivity index (χ0v) is 15.4. The molecule has 5 nitrogen and oxygen atoms in total. The van der Waals surface area contributed by atoms with Crippen molar-refractivity contribution in [3.05, 3.63) is 16.8 Å². The Kier molecular flexibility index (Phi) is 4.22. The largest absolute Gasteiger partial charge is 0.381 e. The second-order valence-electron chi connectivity index (χ2n) is 7.32. The number of nitrogens with zero attached hydrogens (tertiary/aromatic N) is 3. The summed E-state index contributed by atoms with van der Waals surface area (Å²) >= 11 is 1.72. The van der Waals surface area contributed by atoms with E-state index in [0.29, 0.717) is 5.92 Å². The van der Waals surface area contributed by atoms with Crippen LogP contribution in [0.25, 0.3) is 10.2 Å². The van der Waals surface area contributed by atoms with Crippen LogP contribution in [0.2, 0.25) is 0 Å². The average Bonchev–Trinajstić information content (AvgIpc) is 3.20. The molecule has 2 saturated heterocycles. The average molecular weight is 346 g/mol. The number of hydrogen-bond donors (Lipinski definition) is 1. The van der Waals surface area contributed by atoms with Crippen molar-refractivity contribution in [3.8, 4) is 0 Å². The van der Waals surface area contributed by atoms with Crippen molar-refractivity contribution in [1.29, 1.82) is 0 Å². The lowest BCUT2D eigenvalue weighted by molar-refractivity contribution is 0.0203. The zero-order valence-electron chi connectivity index (χ0n) is 14.5. The number of aryl methyl sites for hydroxylation is 2. The lowest BCUT2D eigenvalue weighted by atomic mass is 9.71. The summed E-state index contributed by atoms with van der Waals surface area (Å²) in [5.74, 6) is 2.64. The number of ether oxygens (including phenoxy) is 1. The number of anilines is 1. The normalized spacial score (nSPS) is 25.7. The van der Waals surface area contributed by atoms with Crippen LogP contribution in [0.3, 0.4) is 0 Å². The number of fused-ring (bicyclic) bond motifs is 1.